The zero-order valence-corrected chi connectivity index (χ0v) is 16.1. The summed E-state index contributed by atoms with van der Waals surface area (Å²) in [4.78, 5) is 27.8. The molecule has 152 valence electrons. The summed E-state index contributed by atoms with van der Waals surface area (Å²) >= 11 is 5.98. The Morgan fingerprint density at radius 2 is 2.07 bits per heavy atom. The van der Waals surface area contributed by atoms with Crippen LogP contribution >= 0.6 is 11.6 Å². The van der Waals surface area contributed by atoms with Crippen LogP contribution in [0.5, 0.6) is 0 Å². The third-order valence-corrected chi connectivity index (χ3v) is 4.87. The summed E-state index contributed by atoms with van der Waals surface area (Å²) in [5.74, 6) is 0.0220. The lowest BCUT2D eigenvalue weighted by molar-refractivity contribution is -0.115. The molecule has 3 heterocycles. The number of rotatable bonds is 5. The number of amides is 3. The summed E-state index contributed by atoms with van der Waals surface area (Å²) in [5, 5.41) is 15.6. The summed E-state index contributed by atoms with van der Waals surface area (Å²) in [7, 11) is 0. The number of carbonyl (C=O) groups is 2. The summed E-state index contributed by atoms with van der Waals surface area (Å²) in [6.45, 7) is 0. The van der Waals surface area contributed by atoms with E-state index in [4.69, 9.17) is 11.6 Å². The molecular formula is C19H15ClFN7O2. The van der Waals surface area contributed by atoms with Crippen LogP contribution < -0.4 is 21.3 Å². The molecule has 9 nitrogen and oxygen atoms in total. The van der Waals surface area contributed by atoms with Crippen LogP contribution in [0.4, 0.5) is 26.5 Å². The molecule has 1 saturated heterocycles. The van der Waals surface area contributed by atoms with E-state index >= 15 is 0 Å². The number of nitrogens with one attached hydrogen (secondary N) is 4. The van der Waals surface area contributed by atoms with Gasteiger partial charge in [-0.05, 0) is 37.1 Å². The van der Waals surface area contributed by atoms with Gasteiger partial charge in [-0.1, -0.05) is 11.6 Å². The third kappa shape index (κ3) is 3.52. The molecule has 11 heteroatoms. The van der Waals surface area contributed by atoms with Gasteiger partial charge in [0.2, 0.25) is 0 Å². The first kappa shape index (κ1) is 18.4. The summed E-state index contributed by atoms with van der Waals surface area (Å²) in [6, 6.07) is 5.65. The van der Waals surface area contributed by atoms with Crippen LogP contribution in [0, 0.1) is 5.82 Å². The highest BCUT2D eigenvalue weighted by molar-refractivity contribution is 6.30. The predicted octanol–water partition coefficient (Wildman–Crippen LogP) is 3.02. The second-order valence-electron chi connectivity index (χ2n) is 7.00. The highest BCUT2D eigenvalue weighted by Gasteiger charge is 2.25. The fourth-order valence-corrected chi connectivity index (χ4v) is 3.23. The average molecular weight is 428 g/mol. The van der Waals surface area contributed by atoms with Crippen molar-refractivity contribution in [1.82, 2.24) is 25.2 Å². The lowest BCUT2D eigenvalue weighted by atomic mass is 10.2. The average Bonchev–Trinajstić information content (AvgIpc) is 3.34. The van der Waals surface area contributed by atoms with Crippen molar-refractivity contribution in [3.05, 3.63) is 52.6 Å². The van der Waals surface area contributed by atoms with Gasteiger partial charge in [0.15, 0.2) is 5.65 Å². The first-order chi connectivity index (χ1) is 14.5. The van der Waals surface area contributed by atoms with Gasteiger partial charge in [0, 0.05) is 22.7 Å². The van der Waals surface area contributed by atoms with E-state index < -0.39 is 17.8 Å². The maximum Gasteiger partial charge on any atom is 0.326 e. The Labute approximate surface area is 174 Å². The first-order valence-corrected chi connectivity index (χ1v) is 9.55. The Balaban J connectivity index is 1.59. The SMILES string of the molecule is O=C1NC(=O)C(=Cc2cnn3c(NC4CC4)cc(Nc4cc(Cl)ccc4F)nc23)N1. The van der Waals surface area contributed by atoms with E-state index in [1.54, 1.807) is 10.6 Å². The van der Waals surface area contributed by atoms with Gasteiger partial charge in [0.25, 0.3) is 5.91 Å². The number of halogens is 2. The molecule has 0 spiro atoms. The van der Waals surface area contributed by atoms with Crippen molar-refractivity contribution in [2.45, 2.75) is 18.9 Å². The molecule has 0 bridgehead atoms. The number of benzene rings is 1. The highest BCUT2D eigenvalue weighted by atomic mass is 35.5. The maximum atomic E-state index is 14.2. The van der Waals surface area contributed by atoms with Crippen LogP contribution in [0.15, 0.2) is 36.2 Å². The van der Waals surface area contributed by atoms with Gasteiger partial charge >= 0.3 is 6.03 Å². The van der Waals surface area contributed by atoms with Crippen molar-refractivity contribution in [2.75, 3.05) is 10.6 Å². The van der Waals surface area contributed by atoms with Crippen LogP contribution in [-0.4, -0.2) is 32.6 Å². The van der Waals surface area contributed by atoms with Crippen LogP contribution in [-0.2, 0) is 4.79 Å². The van der Waals surface area contributed by atoms with Crippen molar-refractivity contribution in [3.8, 4) is 0 Å². The topological polar surface area (TPSA) is 112 Å². The molecule has 4 N–H and O–H groups in total. The number of imide groups is 1. The number of hydrogen-bond acceptors (Lipinski definition) is 6. The number of carbonyl (C=O) groups excluding carboxylic acids is 2. The fraction of sp³-hybridized carbons (Fsp3) is 0.158. The van der Waals surface area contributed by atoms with Crippen molar-refractivity contribution < 1.29 is 14.0 Å². The fourth-order valence-electron chi connectivity index (χ4n) is 3.05. The van der Waals surface area contributed by atoms with Crippen molar-refractivity contribution in [3.63, 3.8) is 0 Å². The number of hydrogen-bond donors (Lipinski definition) is 4. The zero-order valence-electron chi connectivity index (χ0n) is 15.4. The van der Waals surface area contributed by atoms with E-state index in [2.05, 4.69) is 31.3 Å². The number of anilines is 3. The minimum Gasteiger partial charge on any atom is -0.367 e. The molecule has 30 heavy (non-hydrogen) atoms. The molecule has 0 atom stereocenters. The van der Waals surface area contributed by atoms with Gasteiger partial charge in [0.1, 0.15) is 23.1 Å². The Bertz CT molecular complexity index is 1240. The maximum absolute atomic E-state index is 14.2. The highest BCUT2D eigenvalue weighted by Crippen LogP contribution is 2.29. The third-order valence-electron chi connectivity index (χ3n) is 4.64. The van der Waals surface area contributed by atoms with Gasteiger partial charge in [-0.2, -0.15) is 9.61 Å². The smallest absolute Gasteiger partial charge is 0.326 e. The van der Waals surface area contributed by atoms with E-state index in [0.717, 1.165) is 12.8 Å². The Morgan fingerprint density at radius 3 is 2.80 bits per heavy atom. The van der Waals surface area contributed by atoms with Gasteiger partial charge in [0.05, 0.1) is 11.9 Å². The summed E-state index contributed by atoms with van der Waals surface area (Å²) < 4.78 is 15.8. The Hall–Kier alpha value is -3.66. The normalized spacial score (nSPS) is 17.3. The number of fused-ring (bicyclic) bond motifs is 1. The summed E-state index contributed by atoms with van der Waals surface area (Å²) in [6.07, 6.45) is 5.11. The lowest BCUT2D eigenvalue weighted by Crippen LogP contribution is -2.22. The molecule has 5 rings (SSSR count). The number of aromatic nitrogens is 3. The largest absolute Gasteiger partial charge is 0.367 e. The number of nitrogens with zero attached hydrogens (tertiary/aromatic N) is 3. The quantitative estimate of drug-likeness (QED) is 0.368. The molecule has 2 fully saturated rings. The van der Waals surface area contributed by atoms with E-state index in [-0.39, 0.29) is 11.4 Å². The molecule has 0 unspecified atom stereocenters. The van der Waals surface area contributed by atoms with Crippen molar-refractivity contribution in [1.29, 1.82) is 0 Å². The minimum absolute atomic E-state index is 0.0904. The van der Waals surface area contributed by atoms with E-state index in [0.29, 0.717) is 33.9 Å². The molecular weight excluding hydrogens is 413 g/mol. The molecule has 2 aromatic heterocycles. The van der Waals surface area contributed by atoms with Gasteiger partial charge in [-0.25, -0.2) is 14.2 Å². The van der Waals surface area contributed by atoms with E-state index in [9.17, 15) is 14.0 Å². The molecule has 3 amide bonds. The van der Waals surface area contributed by atoms with Crippen LogP contribution in [0.3, 0.4) is 0 Å². The minimum atomic E-state index is -0.592. The van der Waals surface area contributed by atoms with Crippen LogP contribution in [0.25, 0.3) is 11.7 Å². The molecule has 2 aliphatic rings. The monoisotopic (exact) mass is 427 g/mol. The van der Waals surface area contributed by atoms with Gasteiger partial charge < -0.3 is 16.0 Å². The van der Waals surface area contributed by atoms with E-state index in [1.807, 2.05) is 0 Å². The molecule has 0 radical (unpaired) electrons. The van der Waals surface area contributed by atoms with Crippen molar-refractivity contribution >= 4 is 52.6 Å². The second-order valence-corrected chi connectivity index (χ2v) is 7.43. The van der Waals surface area contributed by atoms with Crippen LogP contribution in [0.2, 0.25) is 5.02 Å². The molecule has 1 aliphatic carbocycles. The van der Waals surface area contributed by atoms with E-state index in [1.165, 1.54) is 30.5 Å². The lowest BCUT2D eigenvalue weighted by Gasteiger charge is -2.12. The predicted molar refractivity (Wildman–Crippen MR) is 109 cm³/mol. The molecule has 3 aromatic rings. The zero-order chi connectivity index (χ0) is 20.8. The van der Waals surface area contributed by atoms with Gasteiger partial charge in [-0.15, -0.1) is 0 Å². The molecule has 1 saturated carbocycles. The summed E-state index contributed by atoms with van der Waals surface area (Å²) in [5.41, 5.74) is 1.20. The van der Waals surface area contributed by atoms with Crippen molar-refractivity contribution in [2.24, 2.45) is 0 Å². The standard InChI is InChI=1S/C19H15ClFN7O2/c20-10-1-4-12(21)13(6-10)24-15-7-16(23-11-2-3-11)28-17(26-15)9(8-22-28)5-14-18(29)27-19(30)25-14/h1,4-8,11,23H,2-3H2,(H,24,26)(H2,25,27,29,30). The Morgan fingerprint density at radius 1 is 1.23 bits per heavy atom. The number of urea groups is 1. The van der Waals surface area contributed by atoms with Crippen LogP contribution in [0.1, 0.15) is 18.4 Å². The molecule has 1 aromatic carbocycles. The Kier molecular flexibility index (Phi) is 4.28. The van der Waals surface area contributed by atoms with Gasteiger partial charge in [-0.3, -0.25) is 10.1 Å². The molecule has 1 aliphatic heterocycles. The first-order valence-electron chi connectivity index (χ1n) is 9.18. The second kappa shape index (κ2) is 6.99.